The van der Waals surface area contributed by atoms with Gasteiger partial charge >= 0.3 is 0 Å². The van der Waals surface area contributed by atoms with Crippen LogP contribution in [0, 0.1) is 0 Å². The van der Waals surface area contributed by atoms with E-state index < -0.39 is 6.04 Å². The lowest BCUT2D eigenvalue weighted by Crippen LogP contribution is -2.32. The van der Waals surface area contributed by atoms with E-state index in [-0.39, 0.29) is 11.8 Å². The lowest BCUT2D eigenvalue weighted by Gasteiger charge is -2.26. The first-order valence-electron chi connectivity index (χ1n) is 8.39. The molecule has 4 nitrogen and oxygen atoms in total. The average Bonchev–Trinajstić information content (AvgIpc) is 2.62. The number of fused-ring (bicyclic) bond motifs is 1. The Morgan fingerprint density at radius 3 is 2.64 bits per heavy atom. The molecule has 25 heavy (non-hydrogen) atoms. The van der Waals surface area contributed by atoms with Crippen LogP contribution in [0.25, 0.3) is 6.08 Å². The normalized spacial score (nSPS) is 17.4. The van der Waals surface area contributed by atoms with Crippen molar-refractivity contribution in [1.29, 1.82) is 0 Å². The fourth-order valence-electron chi connectivity index (χ4n) is 2.81. The molecule has 2 aromatic rings. The first kappa shape index (κ1) is 17.0. The summed E-state index contributed by atoms with van der Waals surface area (Å²) >= 11 is 0. The highest BCUT2D eigenvalue weighted by Gasteiger charge is 2.15. The highest BCUT2D eigenvalue weighted by atomic mass is 16.2. The number of para-hydroxylation sites is 1. The summed E-state index contributed by atoms with van der Waals surface area (Å²) in [4.78, 5) is 13.7. The van der Waals surface area contributed by atoms with Crippen molar-refractivity contribution < 1.29 is 4.79 Å². The maximum absolute atomic E-state index is 11.6. The van der Waals surface area contributed by atoms with Gasteiger partial charge in [0.2, 0.25) is 5.91 Å². The Morgan fingerprint density at radius 2 is 1.92 bits per heavy atom. The summed E-state index contributed by atoms with van der Waals surface area (Å²) in [5.74, 6) is 0.0706. The second-order valence-corrected chi connectivity index (χ2v) is 6.30. The Hall–Kier alpha value is -2.85. The molecule has 0 saturated carbocycles. The van der Waals surface area contributed by atoms with Crippen molar-refractivity contribution in [2.75, 3.05) is 17.3 Å². The van der Waals surface area contributed by atoms with Gasteiger partial charge in [-0.3, -0.25) is 4.79 Å². The number of hydrogen-bond acceptors (Lipinski definition) is 3. The van der Waals surface area contributed by atoms with Crippen LogP contribution >= 0.6 is 0 Å². The number of anilines is 2. The van der Waals surface area contributed by atoms with Crippen molar-refractivity contribution >= 4 is 23.4 Å². The van der Waals surface area contributed by atoms with Crippen LogP contribution in [0.2, 0.25) is 0 Å². The van der Waals surface area contributed by atoms with Gasteiger partial charge in [0, 0.05) is 30.5 Å². The third-order valence-corrected chi connectivity index (χ3v) is 4.28. The molecular formula is C21H23N3O. The van der Waals surface area contributed by atoms with Crippen LogP contribution in [-0.4, -0.2) is 19.0 Å². The molecule has 0 bridgehead atoms. The Morgan fingerprint density at radius 1 is 1.20 bits per heavy atom. The summed E-state index contributed by atoms with van der Waals surface area (Å²) in [6, 6.07) is 15.7. The number of hydrogen-bond donors (Lipinski definition) is 2. The largest absolute Gasteiger partial charge is 0.351 e. The summed E-state index contributed by atoms with van der Waals surface area (Å²) in [5.41, 5.74) is 9.93. The molecule has 0 aliphatic carbocycles. The summed E-state index contributed by atoms with van der Waals surface area (Å²) in [6.45, 7) is 1.67. The lowest BCUT2D eigenvalue weighted by atomic mass is 9.93. The van der Waals surface area contributed by atoms with Crippen LogP contribution in [0.1, 0.15) is 24.0 Å². The van der Waals surface area contributed by atoms with E-state index in [1.54, 1.807) is 6.92 Å². The first-order chi connectivity index (χ1) is 12.0. The minimum Gasteiger partial charge on any atom is -0.351 e. The molecule has 0 radical (unpaired) electrons. The molecule has 0 saturated heterocycles. The van der Waals surface area contributed by atoms with Crippen molar-refractivity contribution in [3.8, 4) is 0 Å². The van der Waals surface area contributed by atoms with Gasteiger partial charge in [0.1, 0.15) is 0 Å². The van der Waals surface area contributed by atoms with Crippen molar-refractivity contribution in [2.45, 2.75) is 18.9 Å². The van der Waals surface area contributed by atoms with Gasteiger partial charge in [0.25, 0.3) is 0 Å². The van der Waals surface area contributed by atoms with Crippen LogP contribution in [-0.2, 0) is 4.79 Å². The van der Waals surface area contributed by atoms with E-state index in [0.29, 0.717) is 0 Å². The van der Waals surface area contributed by atoms with Gasteiger partial charge in [-0.05, 0) is 36.2 Å². The van der Waals surface area contributed by atoms with Gasteiger partial charge in [0.15, 0.2) is 0 Å². The number of nitrogens with two attached hydrogens (primary N) is 1. The van der Waals surface area contributed by atoms with Crippen LogP contribution in [0.5, 0.6) is 0 Å². The van der Waals surface area contributed by atoms with Gasteiger partial charge in [-0.25, -0.2) is 0 Å². The molecule has 1 aliphatic rings. The predicted molar refractivity (Wildman–Crippen MR) is 104 cm³/mol. The van der Waals surface area contributed by atoms with Crippen molar-refractivity contribution in [1.82, 2.24) is 0 Å². The van der Waals surface area contributed by atoms with E-state index in [4.69, 9.17) is 5.73 Å². The first-order valence-corrected chi connectivity index (χ1v) is 8.39. The predicted octanol–water partition coefficient (Wildman–Crippen LogP) is 3.73. The Kier molecular flexibility index (Phi) is 5.00. The third-order valence-electron chi connectivity index (χ3n) is 4.28. The molecule has 1 heterocycles. The molecule has 0 fully saturated rings. The molecule has 3 N–H and O–H groups in total. The minimum atomic E-state index is -0.518. The van der Waals surface area contributed by atoms with E-state index in [1.165, 1.54) is 11.3 Å². The number of nitrogens with one attached hydrogen (secondary N) is 1. The summed E-state index contributed by atoms with van der Waals surface area (Å²) in [5, 5.41) is 2.79. The van der Waals surface area contributed by atoms with E-state index in [0.717, 1.165) is 11.3 Å². The Labute approximate surface area is 148 Å². The van der Waals surface area contributed by atoms with Crippen molar-refractivity contribution in [3.63, 3.8) is 0 Å². The number of allylic oxidation sites excluding steroid dienone is 2. The van der Waals surface area contributed by atoms with Crippen LogP contribution in [0.15, 0.2) is 66.9 Å². The number of carbonyl (C=O) groups excluding carboxylic acids is 1. The number of nitrogens with zero attached hydrogens (tertiary/aromatic N) is 1. The molecule has 2 atom stereocenters. The fraction of sp³-hybridized carbons (Fsp3) is 0.190. The molecule has 0 spiro atoms. The van der Waals surface area contributed by atoms with Gasteiger partial charge in [-0.1, -0.05) is 48.6 Å². The summed E-state index contributed by atoms with van der Waals surface area (Å²) in [7, 11) is 2.06. The fourth-order valence-corrected chi connectivity index (χ4v) is 2.81. The number of amides is 1. The molecule has 3 rings (SSSR count). The molecule has 4 heteroatoms. The zero-order chi connectivity index (χ0) is 17.8. The van der Waals surface area contributed by atoms with E-state index >= 15 is 0 Å². The molecular weight excluding hydrogens is 310 g/mol. The van der Waals surface area contributed by atoms with Crippen LogP contribution < -0.4 is 16.0 Å². The highest BCUT2D eigenvalue weighted by molar-refractivity contribution is 5.94. The van der Waals surface area contributed by atoms with Crippen molar-refractivity contribution in [3.05, 3.63) is 78.0 Å². The van der Waals surface area contributed by atoms with Crippen LogP contribution in [0.3, 0.4) is 0 Å². The van der Waals surface area contributed by atoms with Crippen molar-refractivity contribution in [2.24, 2.45) is 5.73 Å². The zero-order valence-electron chi connectivity index (χ0n) is 14.5. The Balaban J connectivity index is 1.72. The quantitative estimate of drug-likeness (QED) is 0.896. The van der Waals surface area contributed by atoms with E-state index in [1.807, 2.05) is 24.3 Å². The molecule has 0 aromatic heterocycles. The number of rotatable bonds is 4. The molecule has 1 aliphatic heterocycles. The molecule has 128 valence electrons. The lowest BCUT2D eigenvalue weighted by molar-refractivity contribution is -0.117. The standard InChI is InChI=1S/C21H23N3O/c1-15(22)21(25)23-18-11-8-16(9-12-18)7-10-17-13-14-24(2)20-6-4-3-5-19(17)20/h3-15,17H,22H2,1-2H3,(H,23,25)/b10-7+/t15-,17?/m1/s1. The minimum absolute atomic E-state index is 0.184. The van der Waals surface area contributed by atoms with Gasteiger partial charge in [0.05, 0.1) is 6.04 Å². The van der Waals surface area contributed by atoms with Gasteiger partial charge < -0.3 is 16.0 Å². The topological polar surface area (TPSA) is 58.4 Å². The van der Waals surface area contributed by atoms with E-state index in [9.17, 15) is 4.79 Å². The monoisotopic (exact) mass is 333 g/mol. The van der Waals surface area contributed by atoms with E-state index in [2.05, 4.69) is 66.0 Å². The van der Waals surface area contributed by atoms with Gasteiger partial charge in [-0.2, -0.15) is 0 Å². The summed E-state index contributed by atoms with van der Waals surface area (Å²) in [6.07, 6.45) is 8.59. The molecule has 1 amide bonds. The highest BCUT2D eigenvalue weighted by Crippen LogP contribution is 2.33. The van der Waals surface area contributed by atoms with Crippen LogP contribution in [0.4, 0.5) is 11.4 Å². The smallest absolute Gasteiger partial charge is 0.240 e. The number of carbonyl (C=O) groups is 1. The number of benzene rings is 2. The zero-order valence-corrected chi connectivity index (χ0v) is 14.5. The molecule has 1 unspecified atom stereocenters. The average molecular weight is 333 g/mol. The van der Waals surface area contributed by atoms with Gasteiger partial charge in [-0.15, -0.1) is 0 Å². The third kappa shape index (κ3) is 3.98. The SMILES string of the molecule is C[C@@H](N)C(=O)Nc1ccc(/C=C/C2C=CN(C)c3ccccc32)cc1. The Bertz CT molecular complexity index is 806. The molecule has 2 aromatic carbocycles. The summed E-state index contributed by atoms with van der Waals surface area (Å²) < 4.78 is 0. The maximum Gasteiger partial charge on any atom is 0.240 e. The maximum atomic E-state index is 11.6. The second-order valence-electron chi connectivity index (χ2n) is 6.30. The second kappa shape index (κ2) is 7.36.